The van der Waals surface area contributed by atoms with E-state index in [-0.39, 0.29) is 51.6 Å². The molecule has 3 aromatic carbocycles. The molecule has 0 aliphatic carbocycles. The van der Waals surface area contributed by atoms with E-state index in [4.69, 9.17) is 4.74 Å². The number of aromatic nitrogens is 3. The van der Waals surface area contributed by atoms with Crippen molar-refractivity contribution in [2.24, 2.45) is 0 Å². The molecule has 0 aliphatic rings. The minimum absolute atomic E-state index is 0.103. The quantitative estimate of drug-likeness (QED) is 0.380. The summed E-state index contributed by atoms with van der Waals surface area (Å²) in [6, 6.07) is 15.5. The van der Waals surface area contributed by atoms with Crippen molar-refractivity contribution in [3.63, 3.8) is 0 Å². The molecule has 0 saturated heterocycles. The number of para-hydroxylation sites is 1. The molecule has 0 fully saturated rings. The smallest absolute Gasteiger partial charge is 0.168 e. The summed E-state index contributed by atoms with van der Waals surface area (Å²) in [6.45, 7) is 0. The monoisotopic (exact) mass is 403 g/mol. The number of aromatic hydroxyl groups is 4. The van der Waals surface area contributed by atoms with Crippen molar-refractivity contribution in [2.45, 2.75) is 0 Å². The summed E-state index contributed by atoms with van der Waals surface area (Å²) in [6.07, 6.45) is 0. The molecule has 4 N–H and O–H groups in total. The van der Waals surface area contributed by atoms with Crippen molar-refractivity contribution in [3.05, 3.63) is 60.7 Å². The molecular formula is C22H17N3O5. The highest BCUT2D eigenvalue weighted by Crippen LogP contribution is 2.37. The summed E-state index contributed by atoms with van der Waals surface area (Å²) < 4.78 is 5.18. The van der Waals surface area contributed by atoms with E-state index in [0.717, 1.165) is 0 Å². The first-order valence-electron chi connectivity index (χ1n) is 8.90. The Balaban J connectivity index is 1.94. The standard InChI is InChI=1S/C22H17N3O5/c1-30-14-8-5-12(6-9-14)20-23-21(15-10-7-13(26)11-18(15)28)25-22(24-20)16-3-2-4-17(27)19(16)29/h2-11,26-29H,1H3. The van der Waals surface area contributed by atoms with Gasteiger partial charge >= 0.3 is 0 Å². The average Bonchev–Trinajstić information content (AvgIpc) is 2.75. The number of methoxy groups -OCH3 is 1. The largest absolute Gasteiger partial charge is 0.508 e. The summed E-state index contributed by atoms with van der Waals surface area (Å²) in [4.78, 5) is 13.3. The zero-order valence-corrected chi connectivity index (χ0v) is 15.8. The molecule has 0 saturated carbocycles. The van der Waals surface area contributed by atoms with Crippen LogP contribution < -0.4 is 4.74 Å². The second-order valence-electron chi connectivity index (χ2n) is 6.41. The first-order valence-corrected chi connectivity index (χ1v) is 8.90. The van der Waals surface area contributed by atoms with Gasteiger partial charge in [0.15, 0.2) is 29.0 Å². The number of phenolic OH excluding ortho intramolecular Hbond substituents is 4. The Hall–Kier alpha value is -4.33. The number of phenols is 4. The van der Waals surface area contributed by atoms with Gasteiger partial charge in [0.2, 0.25) is 0 Å². The third-order valence-corrected chi connectivity index (χ3v) is 4.46. The Kier molecular flexibility index (Phi) is 4.81. The lowest BCUT2D eigenvalue weighted by atomic mass is 10.1. The molecule has 0 amide bonds. The van der Waals surface area contributed by atoms with Crippen LogP contribution in [0.4, 0.5) is 0 Å². The molecule has 1 aromatic heterocycles. The van der Waals surface area contributed by atoms with Crippen molar-refractivity contribution in [2.75, 3.05) is 7.11 Å². The van der Waals surface area contributed by atoms with Crippen LogP contribution in [-0.4, -0.2) is 42.5 Å². The van der Waals surface area contributed by atoms with Gasteiger partial charge < -0.3 is 25.2 Å². The van der Waals surface area contributed by atoms with Gasteiger partial charge in [-0.25, -0.2) is 15.0 Å². The van der Waals surface area contributed by atoms with Crippen LogP contribution in [0.1, 0.15) is 0 Å². The molecule has 0 atom stereocenters. The van der Waals surface area contributed by atoms with Gasteiger partial charge in [-0.3, -0.25) is 0 Å². The molecule has 0 aliphatic heterocycles. The Morgan fingerprint density at radius 1 is 0.667 bits per heavy atom. The van der Waals surface area contributed by atoms with Crippen molar-refractivity contribution in [1.82, 2.24) is 15.0 Å². The third kappa shape index (κ3) is 3.53. The summed E-state index contributed by atoms with van der Waals surface area (Å²) in [5.74, 6) is 0.179. The van der Waals surface area contributed by atoms with Crippen LogP contribution in [0.15, 0.2) is 60.7 Å². The van der Waals surface area contributed by atoms with Gasteiger partial charge in [-0.15, -0.1) is 0 Å². The van der Waals surface area contributed by atoms with Crippen molar-refractivity contribution in [3.8, 4) is 62.9 Å². The minimum Gasteiger partial charge on any atom is -0.508 e. The first kappa shape index (κ1) is 19.0. The van der Waals surface area contributed by atoms with Gasteiger partial charge in [-0.2, -0.15) is 0 Å². The summed E-state index contributed by atoms with van der Waals surface area (Å²) in [5, 5.41) is 40.0. The van der Waals surface area contributed by atoms with Crippen LogP contribution in [0.25, 0.3) is 34.2 Å². The lowest BCUT2D eigenvalue weighted by Gasteiger charge is -2.11. The van der Waals surface area contributed by atoms with Gasteiger partial charge in [0.1, 0.15) is 17.2 Å². The van der Waals surface area contributed by atoms with Crippen LogP contribution in [-0.2, 0) is 0 Å². The number of nitrogens with zero attached hydrogens (tertiary/aromatic N) is 3. The molecule has 1 heterocycles. The van der Waals surface area contributed by atoms with Gasteiger partial charge in [0.05, 0.1) is 18.2 Å². The van der Waals surface area contributed by atoms with Gasteiger partial charge in [0, 0.05) is 11.6 Å². The lowest BCUT2D eigenvalue weighted by molar-refractivity contribution is 0.405. The number of ether oxygens (including phenoxy) is 1. The molecular weight excluding hydrogens is 386 g/mol. The van der Waals surface area contributed by atoms with E-state index in [0.29, 0.717) is 11.3 Å². The lowest BCUT2D eigenvalue weighted by Crippen LogP contribution is -2.00. The second kappa shape index (κ2) is 7.59. The Labute approximate surface area is 171 Å². The molecule has 0 radical (unpaired) electrons. The van der Waals surface area contributed by atoms with E-state index in [1.807, 2.05) is 0 Å². The topological polar surface area (TPSA) is 129 Å². The van der Waals surface area contributed by atoms with Crippen molar-refractivity contribution in [1.29, 1.82) is 0 Å². The van der Waals surface area contributed by atoms with E-state index in [9.17, 15) is 20.4 Å². The number of hydrogen-bond acceptors (Lipinski definition) is 8. The highest BCUT2D eigenvalue weighted by atomic mass is 16.5. The number of hydrogen-bond donors (Lipinski definition) is 4. The minimum atomic E-state index is -0.370. The highest BCUT2D eigenvalue weighted by molar-refractivity contribution is 5.73. The van der Waals surface area contributed by atoms with Crippen LogP contribution in [0, 0.1) is 0 Å². The van der Waals surface area contributed by atoms with E-state index < -0.39 is 0 Å². The van der Waals surface area contributed by atoms with E-state index in [1.165, 1.54) is 24.3 Å². The fourth-order valence-corrected chi connectivity index (χ4v) is 2.91. The Morgan fingerprint density at radius 2 is 1.33 bits per heavy atom. The summed E-state index contributed by atoms with van der Waals surface area (Å²) in [7, 11) is 1.56. The molecule has 30 heavy (non-hydrogen) atoms. The maximum absolute atomic E-state index is 10.3. The van der Waals surface area contributed by atoms with E-state index in [1.54, 1.807) is 43.5 Å². The number of benzene rings is 3. The van der Waals surface area contributed by atoms with Crippen molar-refractivity contribution < 1.29 is 25.2 Å². The van der Waals surface area contributed by atoms with Crippen LogP contribution in [0.5, 0.6) is 28.7 Å². The third-order valence-electron chi connectivity index (χ3n) is 4.46. The fraction of sp³-hybridized carbons (Fsp3) is 0.0455. The summed E-state index contributed by atoms with van der Waals surface area (Å²) in [5.41, 5.74) is 1.12. The highest BCUT2D eigenvalue weighted by Gasteiger charge is 2.18. The van der Waals surface area contributed by atoms with Gasteiger partial charge in [-0.05, 0) is 48.5 Å². The molecule has 4 aromatic rings. The average molecular weight is 403 g/mol. The molecule has 150 valence electrons. The molecule has 8 nitrogen and oxygen atoms in total. The van der Waals surface area contributed by atoms with Gasteiger partial charge in [0.25, 0.3) is 0 Å². The normalized spacial score (nSPS) is 10.7. The first-order chi connectivity index (χ1) is 14.5. The maximum Gasteiger partial charge on any atom is 0.168 e. The zero-order valence-electron chi connectivity index (χ0n) is 15.8. The fourth-order valence-electron chi connectivity index (χ4n) is 2.91. The second-order valence-corrected chi connectivity index (χ2v) is 6.41. The van der Waals surface area contributed by atoms with Crippen LogP contribution in [0.2, 0.25) is 0 Å². The molecule has 4 rings (SSSR count). The Bertz CT molecular complexity index is 1230. The predicted molar refractivity (Wildman–Crippen MR) is 109 cm³/mol. The zero-order chi connectivity index (χ0) is 21.3. The molecule has 0 spiro atoms. The van der Waals surface area contributed by atoms with Gasteiger partial charge in [-0.1, -0.05) is 6.07 Å². The van der Waals surface area contributed by atoms with Crippen molar-refractivity contribution >= 4 is 0 Å². The Morgan fingerprint density at radius 3 is 2.00 bits per heavy atom. The van der Waals surface area contributed by atoms with Crippen LogP contribution in [0.3, 0.4) is 0 Å². The number of rotatable bonds is 4. The van der Waals surface area contributed by atoms with E-state index >= 15 is 0 Å². The van der Waals surface area contributed by atoms with Crippen LogP contribution >= 0.6 is 0 Å². The van der Waals surface area contributed by atoms with E-state index in [2.05, 4.69) is 15.0 Å². The SMILES string of the molecule is COc1ccc(-c2nc(-c3ccc(O)cc3O)nc(-c3cccc(O)c3O)n2)cc1. The predicted octanol–water partition coefficient (Wildman–Crippen LogP) is 3.70. The maximum atomic E-state index is 10.3. The molecule has 0 bridgehead atoms. The summed E-state index contributed by atoms with van der Waals surface area (Å²) >= 11 is 0. The molecule has 8 heteroatoms. The molecule has 0 unspecified atom stereocenters.